The number of phenolic OH excluding ortho intramolecular Hbond substituents is 1. The number of carboxylic acids is 1. The summed E-state index contributed by atoms with van der Waals surface area (Å²) in [5.74, 6) is -1.04. The lowest BCUT2D eigenvalue weighted by Crippen LogP contribution is -2.18. The van der Waals surface area contributed by atoms with Crippen molar-refractivity contribution in [3.63, 3.8) is 0 Å². The van der Waals surface area contributed by atoms with E-state index >= 15 is 0 Å². The number of allylic oxidation sites excluding steroid dienone is 1. The summed E-state index contributed by atoms with van der Waals surface area (Å²) < 4.78 is 1.48. The first-order valence-electron chi connectivity index (χ1n) is 12.2. The third kappa shape index (κ3) is 4.31. The summed E-state index contributed by atoms with van der Waals surface area (Å²) >= 11 is 1.19. The molecule has 37 heavy (non-hydrogen) atoms. The van der Waals surface area contributed by atoms with Gasteiger partial charge in [0.2, 0.25) is 0 Å². The minimum absolute atomic E-state index is 0.00350. The van der Waals surface area contributed by atoms with Crippen LogP contribution in [0.4, 0.5) is 11.4 Å². The minimum Gasteiger partial charge on any atom is -0.505 e. The van der Waals surface area contributed by atoms with Gasteiger partial charge in [-0.1, -0.05) is 52.0 Å². The highest BCUT2D eigenvalue weighted by atomic mass is 32.2. The van der Waals surface area contributed by atoms with Crippen LogP contribution in [0.15, 0.2) is 62.4 Å². The molecule has 192 valence electrons. The fraction of sp³-hybridized carbons (Fsp3) is 0.357. The Morgan fingerprint density at radius 2 is 1.84 bits per heavy atom. The van der Waals surface area contributed by atoms with Crippen molar-refractivity contribution in [3.05, 3.63) is 80.1 Å². The van der Waals surface area contributed by atoms with E-state index in [9.17, 15) is 19.8 Å². The van der Waals surface area contributed by atoms with Gasteiger partial charge in [-0.2, -0.15) is 0 Å². The molecule has 0 bridgehead atoms. The van der Waals surface area contributed by atoms with E-state index in [1.54, 1.807) is 31.2 Å². The number of nitrogens with zero attached hydrogens (tertiary/aromatic N) is 3. The van der Waals surface area contributed by atoms with Crippen molar-refractivity contribution in [2.24, 2.45) is 10.2 Å². The molecular weight excluding hydrogens is 488 g/mol. The third-order valence-electron chi connectivity index (χ3n) is 7.29. The summed E-state index contributed by atoms with van der Waals surface area (Å²) in [5.41, 5.74) is 4.56. The number of azo groups is 1. The van der Waals surface area contributed by atoms with Gasteiger partial charge in [-0.15, -0.1) is 22.0 Å². The molecule has 8 nitrogen and oxygen atoms in total. The van der Waals surface area contributed by atoms with Crippen LogP contribution >= 0.6 is 11.8 Å². The molecule has 2 aromatic carbocycles. The van der Waals surface area contributed by atoms with Gasteiger partial charge in [0.1, 0.15) is 11.4 Å². The number of hydrogen-bond donors (Lipinski definition) is 3. The molecule has 0 spiro atoms. The van der Waals surface area contributed by atoms with E-state index in [-0.39, 0.29) is 43.7 Å². The summed E-state index contributed by atoms with van der Waals surface area (Å²) in [5, 5.41) is 31.3. The molecule has 1 aromatic heterocycles. The number of phenols is 1. The number of fused-ring (bicyclic) bond motifs is 1. The molecule has 0 saturated heterocycles. The zero-order valence-electron chi connectivity index (χ0n) is 21.5. The van der Waals surface area contributed by atoms with Gasteiger partial charge in [-0.25, -0.2) is 9.48 Å². The van der Waals surface area contributed by atoms with E-state index in [0.29, 0.717) is 17.7 Å². The van der Waals surface area contributed by atoms with Crippen molar-refractivity contribution in [2.75, 3.05) is 0 Å². The number of para-hydroxylation sites is 1. The molecule has 0 radical (unpaired) electrons. The van der Waals surface area contributed by atoms with Gasteiger partial charge in [0, 0.05) is 10.8 Å². The summed E-state index contributed by atoms with van der Waals surface area (Å²) in [6.45, 7) is 10.7. The summed E-state index contributed by atoms with van der Waals surface area (Å²) in [4.78, 5) is 24.8. The maximum atomic E-state index is 13.3. The topological polar surface area (TPSA) is 120 Å². The highest BCUT2D eigenvalue weighted by Gasteiger charge is 2.41. The largest absolute Gasteiger partial charge is 0.505 e. The van der Waals surface area contributed by atoms with Crippen LogP contribution in [0.3, 0.4) is 0 Å². The van der Waals surface area contributed by atoms with E-state index in [4.69, 9.17) is 0 Å². The predicted molar refractivity (Wildman–Crippen MR) is 145 cm³/mol. The first-order valence-corrected chi connectivity index (χ1v) is 13.1. The fourth-order valence-corrected chi connectivity index (χ4v) is 6.85. The van der Waals surface area contributed by atoms with Gasteiger partial charge < -0.3 is 10.2 Å². The Kier molecular flexibility index (Phi) is 5.94. The molecule has 1 aliphatic carbocycles. The predicted octanol–water partition coefficient (Wildman–Crippen LogP) is 6.70. The molecule has 1 aliphatic heterocycles. The second-order valence-electron chi connectivity index (χ2n) is 11.0. The standard InChI is InChI=1S/C28H30N4O4S/c1-15-23(30-29-20-8-6-7-17(24(20)33)21-11-12-22(37-21)26(35)36)25(34)32(31-15)16-9-10-18-19(13-16)28(4,5)14-27(18,2)3/h6-10,12-13,21,31,33H,11,14H2,1-5H3,(H,35,36). The van der Waals surface area contributed by atoms with Crippen molar-refractivity contribution in [3.8, 4) is 11.4 Å². The Labute approximate surface area is 219 Å². The van der Waals surface area contributed by atoms with Crippen LogP contribution < -0.4 is 5.56 Å². The smallest absolute Gasteiger partial charge is 0.341 e. The fourth-order valence-electron chi connectivity index (χ4n) is 5.74. The molecule has 1 unspecified atom stereocenters. The van der Waals surface area contributed by atoms with E-state index in [1.807, 2.05) is 6.07 Å². The average molecular weight is 519 g/mol. The number of aryl methyl sites for hydroxylation is 1. The van der Waals surface area contributed by atoms with Crippen molar-refractivity contribution in [1.82, 2.24) is 9.78 Å². The Hall–Kier alpha value is -3.59. The van der Waals surface area contributed by atoms with Crippen LogP contribution in [0.25, 0.3) is 5.69 Å². The molecule has 3 N–H and O–H groups in total. The number of H-pyrrole nitrogens is 1. The highest BCUT2D eigenvalue weighted by molar-refractivity contribution is 8.04. The van der Waals surface area contributed by atoms with Crippen LogP contribution in [0.5, 0.6) is 5.75 Å². The monoisotopic (exact) mass is 518 g/mol. The second kappa shape index (κ2) is 8.76. The van der Waals surface area contributed by atoms with Crippen LogP contribution in [-0.4, -0.2) is 26.0 Å². The van der Waals surface area contributed by atoms with E-state index < -0.39 is 5.97 Å². The number of rotatable bonds is 5. The molecular formula is C28H30N4O4S. The maximum absolute atomic E-state index is 13.3. The van der Waals surface area contributed by atoms with Gasteiger partial charge in [-0.05, 0) is 59.9 Å². The SMILES string of the molecule is Cc1[nH]n(-c2ccc3c(c2)C(C)(C)CC3(C)C)c(=O)c1N=Nc1cccc(C2CC=C(C(=O)O)S2)c1O. The number of aliphatic carboxylic acids is 1. The number of hydrogen-bond acceptors (Lipinski definition) is 6. The lowest BCUT2D eigenvalue weighted by molar-refractivity contribution is -0.131. The molecule has 1 atom stereocenters. The first kappa shape index (κ1) is 25.1. The zero-order valence-corrected chi connectivity index (χ0v) is 22.3. The number of carboxylic acid groups (broad SMARTS) is 1. The number of thioether (sulfide) groups is 1. The zero-order chi connectivity index (χ0) is 26.7. The van der Waals surface area contributed by atoms with Crippen molar-refractivity contribution in [1.29, 1.82) is 0 Å². The number of aromatic amines is 1. The van der Waals surface area contributed by atoms with Gasteiger partial charge in [0.25, 0.3) is 5.56 Å². The van der Waals surface area contributed by atoms with Crippen molar-refractivity contribution in [2.45, 2.75) is 63.5 Å². The number of benzene rings is 2. The second-order valence-corrected chi connectivity index (χ2v) is 12.3. The van der Waals surface area contributed by atoms with Crippen LogP contribution in [0.1, 0.15) is 68.2 Å². The van der Waals surface area contributed by atoms with Gasteiger partial charge in [0.05, 0.1) is 16.3 Å². The molecule has 9 heteroatoms. The number of aromatic hydroxyl groups is 1. The Morgan fingerprint density at radius 1 is 1.11 bits per heavy atom. The minimum atomic E-state index is -0.974. The molecule has 2 heterocycles. The normalized spacial score (nSPS) is 19.8. The van der Waals surface area contributed by atoms with Crippen molar-refractivity contribution >= 4 is 29.1 Å². The van der Waals surface area contributed by atoms with Gasteiger partial charge in [0.15, 0.2) is 5.69 Å². The Morgan fingerprint density at radius 3 is 2.54 bits per heavy atom. The maximum Gasteiger partial charge on any atom is 0.341 e. The van der Waals surface area contributed by atoms with Gasteiger partial charge >= 0.3 is 5.97 Å². The van der Waals surface area contributed by atoms with E-state index in [0.717, 1.165) is 12.1 Å². The lowest BCUT2D eigenvalue weighted by atomic mass is 9.82. The quantitative estimate of drug-likeness (QED) is 0.325. The first-order chi connectivity index (χ1) is 17.4. The molecule has 0 amide bonds. The summed E-state index contributed by atoms with van der Waals surface area (Å²) in [6, 6.07) is 11.2. The third-order valence-corrected chi connectivity index (χ3v) is 8.62. The Balaban J connectivity index is 1.45. The number of nitrogens with one attached hydrogen (secondary N) is 1. The molecule has 5 rings (SSSR count). The van der Waals surface area contributed by atoms with E-state index in [2.05, 4.69) is 55.2 Å². The number of carbonyl (C=O) groups is 1. The molecule has 3 aromatic rings. The van der Waals surface area contributed by atoms with E-state index in [1.165, 1.54) is 27.6 Å². The molecule has 0 saturated carbocycles. The van der Waals surface area contributed by atoms with Crippen molar-refractivity contribution < 1.29 is 15.0 Å². The van der Waals surface area contributed by atoms with Crippen LogP contribution in [0.2, 0.25) is 0 Å². The highest BCUT2D eigenvalue weighted by Crippen LogP contribution is 2.50. The summed E-state index contributed by atoms with van der Waals surface area (Å²) in [6.07, 6.45) is 3.18. The number of aromatic nitrogens is 2. The van der Waals surface area contributed by atoms with Gasteiger partial charge in [-0.3, -0.25) is 9.89 Å². The molecule has 2 aliphatic rings. The Bertz CT molecular complexity index is 1540. The van der Waals surface area contributed by atoms with Crippen LogP contribution in [-0.2, 0) is 15.6 Å². The lowest BCUT2D eigenvalue weighted by Gasteiger charge is -2.22. The summed E-state index contributed by atoms with van der Waals surface area (Å²) in [7, 11) is 0. The molecule has 0 fully saturated rings. The van der Waals surface area contributed by atoms with Crippen LogP contribution in [0, 0.1) is 6.92 Å². The average Bonchev–Trinajstić information content (AvgIpc) is 3.47.